The molecule has 0 aromatic heterocycles. The monoisotopic (exact) mass is 218 g/mol. The Hall–Kier alpha value is -1.02. The van der Waals surface area contributed by atoms with Gasteiger partial charge in [0, 0.05) is 5.69 Å². The van der Waals surface area contributed by atoms with E-state index in [1.165, 1.54) is 37.1 Å². The topological polar surface area (TPSA) is 29.3 Å². The average molecular weight is 218 g/mol. The summed E-state index contributed by atoms with van der Waals surface area (Å²) in [5.74, 6) is 0.738. The van der Waals surface area contributed by atoms with Crippen LogP contribution in [-0.4, -0.2) is 25.0 Å². The number of piperidine rings is 1. The van der Waals surface area contributed by atoms with Gasteiger partial charge < -0.3 is 10.6 Å². The quantitative estimate of drug-likeness (QED) is 0.773. The second-order valence-corrected chi connectivity index (χ2v) is 4.89. The summed E-state index contributed by atoms with van der Waals surface area (Å²) in [4.78, 5) is 2.41. The number of likely N-dealkylation sites (tertiary alicyclic amines) is 1. The van der Waals surface area contributed by atoms with Gasteiger partial charge in [0.05, 0.1) is 0 Å². The average Bonchev–Trinajstić information content (AvgIpc) is 2.31. The van der Waals surface area contributed by atoms with E-state index in [1.54, 1.807) is 0 Å². The summed E-state index contributed by atoms with van der Waals surface area (Å²) in [6.45, 7) is 4.61. The van der Waals surface area contributed by atoms with Crippen LogP contribution in [0.15, 0.2) is 18.2 Å². The molecule has 0 atom stereocenters. The van der Waals surface area contributed by atoms with Crippen LogP contribution in [0.3, 0.4) is 0 Å². The second kappa shape index (κ2) is 4.88. The van der Waals surface area contributed by atoms with E-state index in [2.05, 4.69) is 37.1 Å². The molecule has 2 heteroatoms. The molecule has 1 fully saturated rings. The van der Waals surface area contributed by atoms with E-state index in [-0.39, 0.29) is 0 Å². The number of nitrogen functional groups attached to an aromatic ring is 1. The minimum absolute atomic E-state index is 0.738. The Morgan fingerprint density at radius 2 is 2.00 bits per heavy atom. The molecule has 1 aliphatic rings. The van der Waals surface area contributed by atoms with E-state index in [0.29, 0.717) is 0 Å². The third kappa shape index (κ3) is 2.38. The van der Waals surface area contributed by atoms with Gasteiger partial charge in [-0.05, 0) is 62.5 Å². The lowest BCUT2D eigenvalue weighted by Gasteiger charge is -2.29. The number of nitrogens with two attached hydrogens (primary N) is 1. The number of nitrogens with zero attached hydrogens (tertiary/aromatic N) is 1. The molecule has 1 aromatic carbocycles. The first-order valence-corrected chi connectivity index (χ1v) is 6.27. The van der Waals surface area contributed by atoms with Crippen molar-refractivity contribution in [3.8, 4) is 0 Å². The molecule has 1 aromatic rings. The minimum atomic E-state index is 0.738. The van der Waals surface area contributed by atoms with Gasteiger partial charge in [0.15, 0.2) is 0 Å². The zero-order chi connectivity index (χ0) is 11.5. The minimum Gasteiger partial charge on any atom is -0.399 e. The highest BCUT2D eigenvalue weighted by atomic mass is 15.1. The molecule has 2 nitrogen and oxygen atoms in total. The van der Waals surface area contributed by atoms with Crippen LogP contribution < -0.4 is 5.73 Å². The van der Waals surface area contributed by atoms with Gasteiger partial charge in [0.25, 0.3) is 0 Å². The highest BCUT2D eigenvalue weighted by molar-refractivity contribution is 5.49. The Bertz CT molecular complexity index is 352. The Morgan fingerprint density at radius 3 is 2.62 bits per heavy atom. The normalized spacial score (nSPS) is 18.9. The maximum atomic E-state index is 5.94. The molecule has 2 rings (SSSR count). The number of hydrogen-bond acceptors (Lipinski definition) is 2. The van der Waals surface area contributed by atoms with Gasteiger partial charge in [-0.3, -0.25) is 0 Å². The smallest absolute Gasteiger partial charge is 0.0346 e. The van der Waals surface area contributed by atoms with Gasteiger partial charge in [-0.1, -0.05) is 19.1 Å². The van der Waals surface area contributed by atoms with Crippen molar-refractivity contribution in [2.24, 2.45) is 0 Å². The third-order valence-corrected chi connectivity index (χ3v) is 3.74. The molecule has 1 heterocycles. The molecule has 1 saturated heterocycles. The molecule has 1 aliphatic heterocycles. The van der Waals surface area contributed by atoms with Crippen molar-refractivity contribution in [2.75, 3.05) is 25.9 Å². The van der Waals surface area contributed by atoms with Crippen LogP contribution in [0.4, 0.5) is 5.69 Å². The molecule has 88 valence electrons. The zero-order valence-electron chi connectivity index (χ0n) is 10.4. The molecule has 0 radical (unpaired) electrons. The van der Waals surface area contributed by atoms with Crippen LogP contribution in [0, 0.1) is 0 Å². The van der Waals surface area contributed by atoms with Crippen molar-refractivity contribution in [2.45, 2.75) is 32.1 Å². The highest BCUT2D eigenvalue weighted by Crippen LogP contribution is 2.29. The number of aryl methyl sites for hydroxylation is 1. The number of hydrogen-bond donors (Lipinski definition) is 1. The van der Waals surface area contributed by atoms with Crippen molar-refractivity contribution >= 4 is 5.69 Å². The molecule has 0 bridgehead atoms. The largest absolute Gasteiger partial charge is 0.399 e. The first-order valence-electron chi connectivity index (χ1n) is 6.27. The highest BCUT2D eigenvalue weighted by Gasteiger charge is 2.18. The third-order valence-electron chi connectivity index (χ3n) is 3.74. The fraction of sp³-hybridized carbons (Fsp3) is 0.571. The van der Waals surface area contributed by atoms with Crippen LogP contribution in [0.25, 0.3) is 0 Å². The van der Waals surface area contributed by atoms with Crippen LogP contribution in [0.2, 0.25) is 0 Å². The summed E-state index contributed by atoms with van der Waals surface area (Å²) in [7, 11) is 2.21. The Balaban J connectivity index is 2.14. The Labute approximate surface area is 98.4 Å². The molecule has 2 N–H and O–H groups in total. The van der Waals surface area contributed by atoms with Crippen molar-refractivity contribution in [1.29, 1.82) is 0 Å². The molecular weight excluding hydrogens is 196 g/mol. The Kier molecular flexibility index (Phi) is 3.49. The zero-order valence-corrected chi connectivity index (χ0v) is 10.4. The van der Waals surface area contributed by atoms with Crippen LogP contribution in [-0.2, 0) is 6.42 Å². The lowest BCUT2D eigenvalue weighted by molar-refractivity contribution is 0.255. The lowest BCUT2D eigenvalue weighted by Crippen LogP contribution is -2.29. The summed E-state index contributed by atoms with van der Waals surface area (Å²) in [6, 6.07) is 6.60. The number of benzene rings is 1. The standard InChI is InChI=1S/C14H22N2/c1-3-11-10-13(4-5-14(11)15)12-6-8-16(2)9-7-12/h4-5,10,12H,3,6-9,15H2,1-2H3. The van der Waals surface area contributed by atoms with E-state index < -0.39 is 0 Å². The maximum absolute atomic E-state index is 5.94. The van der Waals surface area contributed by atoms with E-state index >= 15 is 0 Å². The predicted molar refractivity (Wildman–Crippen MR) is 69.7 cm³/mol. The van der Waals surface area contributed by atoms with E-state index in [4.69, 9.17) is 5.73 Å². The fourth-order valence-electron chi connectivity index (χ4n) is 2.53. The molecule has 0 saturated carbocycles. The molecule has 0 amide bonds. The van der Waals surface area contributed by atoms with Crippen LogP contribution >= 0.6 is 0 Å². The summed E-state index contributed by atoms with van der Waals surface area (Å²) in [5, 5.41) is 0. The molecular formula is C14H22N2. The first-order chi connectivity index (χ1) is 7.70. The molecule has 16 heavy (non-hydrogen) atoms. The molecule has 0 spiro atoms. The van der Waals surface area contributed by atoms with E-state index in [0.717, 1.165) is 18.0 Å². The second-order valence-electron chi connectivity index (χ2n) is 4.89. The van der Waals surface area contributed by atoms with Gasteiger partial charge in [0.2, 0.25) is 0 Å². The number of rotatable bonds is 2. The van der Waals surface area contributed by atoms with Gasteiger partial charge in [-0.15, -0.1) is 0 Å². The van der Waals surface area contributed by atoms with Crippen molar-refractivity contribution in [3.63, 3.8) is 0 Å². The van der Waals surface area contributed by atoms with Crippen molar-refractivity contribution < 1.29 is 0 Å². The summed E-state index contributed by atoms with van der Waals surface area (Å²) >= 11 is 0. The van der Waals surface area contributed by atoms with Gasteiger partial charge >= 0.3 is 0 Å². The summed E-state index contributed by atoms with van der Waals surface area (Å²) in [6.07, 6.45) is 3.60. The molecule has 0 aliphatic carbocycles. The van der Waals surface area contributed by atoms with Crippen LogP contribution in [0.1, 0.15) is 36.8 Å². The van der Waals surface area contributed by atoms with Crippen LogP contribution in [0.5, 0.6) is 0 Å². The summed E-state index contributed by atoms with van der Waals surface area (Å²) < 4.78 is 0. The van der Waals surface area contributed by atoms with Gasteiger partial charge in [0.1, 0.15) is 0 Å². The predicted octanol–water partition coefficient (Wildman–Crippen LogP) is 2.64. The van der Waals surface area contributed by atoms with Gasteiger partial charge in [-0.25, -0.2) is 0 Å². The first kappa shape index (κ1) is 11.5. The van der Waals surface area contributed by atoms with E-state index in [1.807, 2.05) is 0 Å². The number of anilines is 1. The fourth-order valence-corrected chi connectivity index (χ4v) is 2.53. The molecule has 0 unspecified atom stereocenters. The van der Waals surface area contributed by atoms with Crippen molar-refractivity contribution in [1.82, 2.24) is 4.90 Å². The SMILES string of the molecule is CCc1cc(C2CCN(C)CC2)ccc1N. The van der Waals surface area contributed by atoms with E-state index in [9.17, 15) is 0 Å². The Morgan fingerprint density at radius 1 is 1.31 bits per heavy atom. The lowest BCUT2D eigenvalue weighted by atomic mass is 9.88. The summed E-state index contributed by atoms with van der Waals surface area (Å²) in [5.41, 5.74) is 9.67. The van der Waals surface area contributed by atoms with Crippen molar-refractivity contribution in [3.05, 3.63) is 29.3 Å². The van der Waals surface area contributed by atoms with Gasteiger partial charge in [-0.2, -0.15) is 0 Å². The maximum Gasteiger partial charge on any atom is 0.0346 e.